The Morgan fingerprint density at radius 1 is 0.949 bits per heavy atom. The van der Waals surface area contributed by atoms with Gasteiger partial charge >= 0.3 is 6.03 Å². The van der Waals surface area contributed by atoms with Gasteiger partial charge in [-0.1, -0.05) is 36.0 Å². The van der Waals surface area contributed by atoms with Gasteiger partial charge in [-0.3, -0.25) is 24.6 Å². The van der Waals surface area contributed by atoms with Crippen LogP contribution < -0.4 is 20.9 Å². The summed E-state index contributed by atoms with van der Waals surface area (Å²) in [5, 5.41) is 17.0. The molecule has 9 rings (SSSR count). The fraction of sp³-hybridized carbons (Fsp3) is 0.439. The molecule has 1 saturated carbocycles. The molecular weight excluding hydrogens is 776 g/mol. The van der Waals surface area contributed by atoms with E-state index in [1.165, 1.54) is 6.20 Å². The third kappa shape index (κ3) is 8.21. The van der Waals surface area contributed by atoms with Crippen molar-refractivity contribution in [1.82, 2.24) is 44.8 Å². The van der Waals surface area contributed by atoms with Crippen LogP contribution in [0.15, 0.2) is 53.4 Å². The van der Waals surface area contributed by atoms with Gasteiger partial charge in [-0.15, -0.1) is 0 Å². The van der Waals surface area contributed by atoms with Crippen LogP contribution in [0, 0.1) is 0 Å². The second-order valence-corrected chi connectivity index (χ2v) is 16.1. The van der Waals surface area contributed by atoms with Crippen LogP contribution in [-0.4, -0.2) is 102 Å². The number of nitrogens with zero attached hydrogens (tertiary/aromatic N) is 9. The number of hydrogen-bond acceptors (Lipinski definition) is 12. The first kappa shape index (κ1) is 38.6. The third-order valence-electron chi connectivity index (χ3n) is 11.8. The average Bonchev–Trinajstić information content (AvgIpc) is 4.07. The van der Waals surface area contributed by atoms with Crippen LogP contribution in [0.3, 0.4) is 0 Å². The first-order valence-electron chi connectivity index (χ1n) is 20.4. The number of benzene rings is 1. The molecule has 1 unspecified atom stereocenters. The highest BCUT2D eigenvalue weighted by Crippen LogP contribution is 2.38. The Morgan fingerprint density at radius 2 is 1.80 bits per heavy atom. The lowest BCUT2D eigenvalue weighted by atomic mass is 10.0. The number of piperidine rings is 1. The maximum Gasteiger partial charge on any atom is 0.323 e. The van der Waals surface area contributed by atoms with Gasteiger partial charge in [0.1, 0.15) is 11.7 Å². The van der Waals surface area contributed by atoms with Gasteiger partial charge in [0.05, 0.1) is 40.7 Å². The smallest absolute Gasteiger partial charge is 0.323 e. The van der Waals surface area contributed by atoms with Crippen molar-refractivity contribution in [2.24, 2.45) is 0 Å². The molecule has 18 heteroatoms. The van der Waals surface area contributed by atoms with Gasteiger partial charge in [0.2, 0.25) is 23.5 Å². The minimum absolute atomic E-state index is 0.152. The lowest BCUT2D eigenvalue weighted by molar-refractivity contribution is -0.136. The average molecular weight is 821 g/mol. The van der Waals surface area contributed by atoms with Gasteiger partial charge < -0.3 is 25.0 Å². The zero-order chi connectivity index (χ0) is 40.5. The number of carbonyl (C=O) groups is 4. The molecule has 4 aliphatic rings. The lowest BCUT2D eigenvalue weighted by Gasteiger charge is -2.36. The van der Waals surface area contributed by atoms with Crippen LogP contribution in [0.25, 0.3) is 17.2 Å². The van der Waals surface area contributed by atoms with Crippen molar-refractivity contribution < 1.29 is 23.7 Å². The van der Waals surface area contributed by atoms with Crippen molar-refractivity contribution in [3.05, 3.63) is 76.7 Å². The molecular formula is C41H45ClN12O5. The van der Waals surface area contributed by atoms with Gasteiger partial charge in [0.25, 0.3) is 5.91 Å². The van der Waals surface area contributed by atoms with E-state index >= 15 is 0 Å². The SMILES string of the molecule is O=C1CCC(N2Cc3cc(N4CCN(CCCCCc5nc(-c6ncc(NC(=O)Nc7cnc8ccnn8c7C7CCCC7)cc6Cl)no5)CC4)ccc3C2=O)C(=O)N1. The molecule has 7 heterocycles. The summed E-state index contributed by atoms with van der Waals surface area (Å²) >= 11 is 6.59. The fourth-order valence-corrected chi connectivity index (χ4v) is 9.01. The maximum absolute atomic E-state index is 13.1. The van der Waals surface area contributed by atoms with Crippen molar-refractivity contribution in [3.8, 4) is 11.5 Å². The molecule has 1 atom stereocenters. The van der Waals surface area contributed by atoms with Crippen molar-refractivity contribution >= 4 is 58.1 Å². The molecule has 306 valence electrons. The van der Waals surface area contributed by atoms with Crippen molar-refractivity contribution in [3.63, 3.8) is 0 Å². The number of aromatic nitrogens is 6. The molecule has 4 aromatic heterocycles. The Morgan fingerprint density at radius 3 is 2.61 bits per heavy atom. The number of aryl methyl sites for hydroxylation is 1. The first-order valence-corrected chi connectivity index (χ1v) is 20.8. The number of imide groups is 1. The number of urea groups is 1. The lowest BCUT2D eigenvalue weighted by Crippen LogP contribution is -2.52. The predicted molar refractivity (Wildman–Crippen MR) is 218 cm³/mol. The number of amides is 5. The number of halogens is 1. The predicted octanol–water partition coefficient (Wildman–Crippen LogP) is 5.43. The van der Waals surface area contributed by atoms with Gasteiger partial charge in [0, 0.05) is 68.8 Å². The minimum Gasteiger partial charge on any atom is -0.369 e. The highest BCUT2D eigenvalue weighted by atomic mass is 35.5. The second-order valence-electron chi connectivity index (χ2n) is 15.7. The molecule has 0 radical (unpaired) electrons. The molecule has 17 nitrogen and oxygen atoms in total. The molecule has 2 saturated heterocycles. The number of piperazine rings is 1. The Kier molecular flexibility index (Phi) is 10.9. The van der Waals surface area contributed by atoms with E-state index in [-0.39, 0.29) is 23.3 Å². The van der Waals surface area contributed by atoms with E-state index < -0.39 is 18.0 Å². The summed E-state index contributed by atoms with van der Waals surface area (Å²) in [6, 6.07) is 8.35. The largest absolute Gasteiger partial charge is 0.369 e. The standard InChI is InChI=1S/C41H45ClN12O5/c42-30-21-27(46-41(58)47-31-23-43-33-13-14-45-54(33)37(31)25-6-3-4-7-25)22-44-36(30)38-49-35(59-50-38)8-2-1-5-15-51-16-18-52(19-17-51)28-9-10-29-26(20-28)24-53(40(29)57)32-11-12-34(55)48-39(32)56/h9-10,13-14,20-23,25,32H,1-8,11-12,15-19,24H2,(H2,46,47,58)(H,48,55,56). The molecule has 59 heavy (non-hydrogen) atoms. The van der Waals surface area contributed by atoms with E-state index in [0.717, 1.165) is 100 Å². The first-order chi connectivity index (χ1) is 28.8. The maximum atomic E-state index is 13.1. The number of nitrogens with one attached hydrogen (secondary N) is 3. The van der Waals surface area contributed by atoms with Crippen LogP contribution >= 0.6 is 11.6 Å². The van der Waals surface area contributed by atoms with Gasteiger partial charge in [-0.2, -0.15) is 10.1 Å². The molecule has 1 aromatic carbocycles. The molecule has 5 aromatic rings. The van der Waals surface area contributed by atoms with E-state index in [1.54, 1.807) is 23.4 Å². The number of carbonyl (C=O) groups excluding carboxylic acids is 4. The van der Waals surface area contributed by atoms with Crippen LogP contribution in [0.5, 0.6) is 0 Å². The van der Waals surface area contributed by atoms with E-state index in [9.17, 15) is 19.2 Å². The molecule has 3 fully saturated rings. The topological polar surface area (TPSA) is 196 Å². The summed E-state index contributed by atoms with van der Waals surface area (Å²) in [5.74, 6) is 0.272. The number of rotatable bonds is 12. The number of anilines is 3. The molecule has 1 aliphatic carbocycles. The monoisotopic (exact) mass is 820 g/mol. The van der Waals surface area contributed by atoms with E-state index in [1.807, 2.05) is 22.7 Å². The summed E-state index contributed by atoms with van der Waals surface area (Å²) in [6.07, 6.45) is 13.5. The summed E-state index contributed by atoms with van der Waals surface area (Å²) in [6.45, 7) is 5.04. The number of unbranched alkanes of at least 4 members (excludes halogenated alkanes) is 2. The Balaban J connectivity index is 0.706. The van der Waals surface area contributed by atoms with E-state index in [2.05, 4.69) is 57.0 Å². The fourth-order valence-electron chi connectivity index (χ4n) is 8.76. The van der Waals surface area contributed by atoms with E-state index in [0.29, 0.717) is 59.7 Å². The van der Waals surface area contributed by atoms with E-state index in [4.69, 9.17) is 16.1 Å². The van der Waals surface area contributed by atoms with Gasteiger partial charge in [0.15, 0.2) is 5.65 Å². The minimum atomic E-state index is -0.611. The number of pyridine rings is 1. The molecule has 0 bridgehead atoms. The van der Waals surface area contributed by atoms with Crippen LogP contribution in [0.4, 0.5) is 21.9 Å². The molecule has 5 amide bonds. The Hall–Kier alpha value is -5.94. The van der Waals surface area contributed by atoms with Gasteiger partial charge in [-0.25, -0.2) is 19.3 Å². The third-order valence-corrected chi connectivity index (χ3v) is 12.1. The normalized spacial score (nSPS) is 18.8. The summed E-state index contributed by atoms with van der Waals surface area (Å²) in [5.41, 5.74) is 5.74. The van der Waals surface area contributed by atoms with Crippen LogP contribution in [0.1, 0.15) is 91.2 Å². The Labute approximate surface area is 344 Å². The van der Waals surface area contributed by atoms with Crippen molar-refractivity contribution in [2.75, 3.05) is 48.3 Å². The van der Waals surface area contributed by atoms with Crippen molar-refractivity contribution in [1.29, 1.82) is 0 Å². The second kappa shape index (κ2) is 16.7. The summed E-state index contributed by atoms with van der Waals surface area (Å²) in [7, 11) is 0. The zero-order valence-corrected chi connectivity index (χ0v) is 33.3. The Bertz CT molecular complexity index is 2400. The summed E-state index contributed by atoms with van der Waals surface area (Å²) in [4.78, 5) is 70.0. The van der Waals surface area contributed by atoms with Gasteiger partial charge in [-0.05, 0) is 68.5 Å². The highest BCUT2D eigenvalue weighted by Gasteiger charge is 2.39. The number of hydrogen-bond donors (Lipinski definition) is 3. The molecule has 3 aliphatic heterocycles. The molecule has 0 spiro atoms. The highest BCUT2D eigenvalue weighted by molar-refractivity contribution is 6.33. The van der Waals surface area contributed by atoms with Crippen LogP contribution in [0.2, 0.25) is 5.02 Å². The van der Waals surface area contributed by atoms with Crippen LogP contribution in [-0.2, 0) is 22.6 Å². The molecule has 3 N–H and O–H groups in total. The van der Waals surface area contributed by atoms with Crippen molar-refractivity contribution in [2.45, 2.75) is 82.7 Å². The number of fused-ring (bicyclic) bond motifs is 2. The quantitative estimate of drug-likeness (QED) is 0.107. The summed E-state index contributed by atoms with van der Waals surface area (Å²) < 4.78 is 7.34. The zero-order valence-electron chi connectivity index (χ0n) is 32.5.